The molecular formula is C15H20FNO2. The Bertz CT molecular complexity index is 489. The molecule has 0 radical (unpaired) electrons. The van der Waals surface area contributed by atoms with Crippen LogP contribution < -0.4 is 5.32 Å². The predicted octanol–water partition coefficient (Wildman–Crippen LogP) is 3.01. The van der Waals surface area contributed by atoms with Gasteiger partial charge in [-0.05, 0) is 51.5 Å². The summed E-state index contributed by atoms with van der Waals surface area (Å²) in [6.07, 6.45) is 0.277. The van der Waals surface area contributed by atoms with Crippen molar-refractivity contribution in [3.63, 3.8) is 0 Å². The molecule has 1 rings (SSSR count). The van der Waals surface area contributed by atoms with E-state index in [1.165, 1.54) is 18.2 Å². The van der Waals surface area contributed by atoms with Crippen LogP contribution in [0.5, 0.6) is 0 Å². The second-order valence-electron chi connectivity index (χ2n) is 5.69. The third kappa shape index (κ3) is 5.20. The van der Waals surface area contributed by atoms with Crippen LogP contribution in [0.1, 0.15) is 49.5 Å². The first-order chi connectivity index (χ1) is 8.69. The van der Waals surface area contributed by atoms with Gasteiger partial charge in [0.05, 0.1) is 0 Å². The molecule has 0 fully saturated rings. The molecule has 0 aliphatic heterocycles. The Balaban J connectivity index is 2.56. The van der Waals surface area contributed by atoms with E-state index in [1.807, 2.05) is 20.8 Å². The van der Waals surface area contributed by atoms with Crippen LogP contribution in [-0.4, -0.2) is 17.2 Å². The molecule has 1 aromatic carbocycles. The van der Waals surface area contributed by atoms with Crippen molar-refractivity contribution in [1.29, 1.82) is 0 Å². The van der Waals surface area contributed by atoms with Gasteiger partial charge in [-0.25, -0.2) is 4.39 Å². The third-order valence-electron chi connectivity index (χ3n) is 2.57. The molecule has 0 aromatic heterocycles. The lowest BCUT2D eigenvalue weighted by atomic mass is 10.0. The Morgan fingerprint density at radius 1 is 1.21 bits per heavy atom. The zero-order valence-corrected chi connectivity index (χ0v) is 11.8. The predicted molar refractivity (Wildman–Crippen MR) is 72.6 cm³/mol. The van der Waals surface area contributed by atoms with Gasteiger partial charge in [0.15, 0.2) is 5.78 Å². The van der Waals surface area contributed by atoms with Crippen molar-refractivity contribution in [2.45, 2.75) is 46.1 Å². The van der Waals surface area contributed by atoms with Crippen LogP contribution in [0, 0.1) is 12.7 Å². The van der Waals surface area contributed by atoms with E-state index in [0.29, 0.717) is 11.1 Å². The molecule has 4 heteroatoms. The number of aryl methyl sites for hydroxylation is 1. The van der Waals surface area contributed by atoms with Crippen molar-refractivity contribution in [3.05, 3.63) is 35.1 Å². The van der Waals surface area contributed by atoms with E-state index in [1.54, 1.807) is 6.92 Å². The maximum Gasteiger partial charge on any atom is 0.220 e. The molecule has 1 N–H and O–H groups in total. The minimum atomic E-state index is -0.331. The molecule has 0 spiro atoms. The number of carbonyl (C=O) groups is 2. The molecule has 1 aromatic rings. The maximum atomic E-state index is 13.1. The van der Waals surface area contributed by atoms with Crippen LogP contribution in [0.3, 0.4) is 0 Å². The number of Topliss-reactive ketones (excluding diaryl/α,β-unsaturated/α-hetero) is 1. The summed E-state index contributed by atoms with van der Waals surface area (Å²) in [6.45, 7) is 7.26. The Labute approximate surface area is 113 Å². The number of rotatable bonds is 4. The monoisotopic (exact) mass is 265 g/mol. The fraction of sp³-hybridized carbons (Fsp3) is 0.467. The van der Waals surface area contributed by atoms with Gasteiger partial charge in [0.25, 0.3) is 0 Å². The smallest absolute Gasteiger partial charge is 0.220 e. The van der Waals surface area contributed by atoms with Crippen molar-refractivity contribution < 1.29 is 14.0 Å². The lowest BCUT2D eigenvalue weighted by molar-refractivity contribution is -0.122. The summed E-state index contributed by atoms with van der Waals surface area (Å²) >= 11 is 0. The fourth-order valence-electron chi connectivity index (χ4n) is 1.67. The highest BCUT2D eigenvalue weighted by Crippen LogP contribution is 2.12. The first-order valence-corrected chi connectivity index (χ1v) is 6.29. The van der Waals surface area contributed by atoms with Crippen molar-refractivity contribution in [1.82, 2.24) is 5.32 Å². The zero-order valence-electron chi connectivity index (χ0n) is 11.8. The minimum absolute atomic E-state index is 0.132. The third-order valence-corrected chi connectivity index (χ3v) is 2.57. The summed E-state index contributed by atoms with van der Waals surface area (Å²) in [4.78, 5) is 23.5. The van der Waals surface area contributed by atoms with Crippen molar-refractivity contribution in [2.75, 3.05) is 0 Å². The van der Waals surface area contributed by atoms with Crippen molar-refractivity contribution in [3.8, 4) is 0 Å². The molecule has 0 aliphatic rings. The molecule has 19 heavy (non-hydrogen) atoms. The number of ketones is 1. The Morgan fingerprint density at radius 2 is 1.84 bits per heavy atom. The second kappa shape index (κ2) is 5.95. The highest BCUT2D eigenvalue weighted by molar-refractivity contribution is 5.98. The first-order valence-electron chi connectivity index (χ1n) is 6.29. The van der Waals surface area contributed by atoms with E-state index in [-0.39, 0.29) is 35.9 Å². The van der Waals surface area contributed by atoms with E-state index in [4.69, 9.17) is 0 Å². The van der Waals surface area contributed by atoms with Crippen molar-refractivity contribution >= 4 is 11.7 Å². The van der Waals surface area contributed by atoms with Gasteiger partial charge in [-0.3, -0.25) is 9.59 Å². The number of carbonyl (C=O) groups excluding carboxylic acids is 2. The van der Waals surface area contributed by atoms with Gasteiger partial charge in [-0.2, -0.15) is 0 Å². The molecule has 0 bridgehead atoms. The number of hydrogen-bond acceptors (Lipinski definition) is 2. The molecule has 104 valence electrons. The van der Waals surface area contributed by atoms with Crippen LogP contribution in [0.4, 0.5) is 4.39 Å². The number of hydrogen-bond donors (Lipinski definition) is 1. The molecule has 1 amide bonds. The van der Waals surface area contributed by atoms with Crippen LogP contribution >= 0.6 is 0 Å². The number of amides is 1. The normalized spacial score (nSPS) is 11.2. The van der Waals surface area contributed by atoms with E-state index >= 15 is 0 Å². The molecule has 0 saturated heterocycles. The molecule has 0 atom stereocenters. The standard InChI is InChI=1S/C15H20FNO2/c1-10-9-11(5-6-12(10)16)13(18)7-8-14(19)17-15(2,3)4/h5-6,9H,7-8H2,1-4H3,(H,17,19). The molecule has 3 nitrogen and oxygen atoms in total. The Morgan fingerprint density at radius 3 is 2.37 bits per heavy atom. The summed E-state index contributed by atoms with van der Waals surface area (Å²) in [6, 6.07) is 4.24. The summed E-state index contributed by atoms with van der Waals surface area (Å²) in [5.41, 5.74) is 0.583. The van der Waals surface area contributed by atoms with Gasteiger partial charge in [0, 0.05) is 23.9 Å². The Kier molecular flexibility index (Phi) is 4.81. The zero-order chi connectivity index (χ0) is 14.6. The fourth-order valence-corrected chi connectivity index (χ4v) is 1.67. The largest absolute Gasteiger partial charge is 0.351 e. The SMILES string of the molecule is Cc1cc(C(=O)CCC(=O)NC(C)(C)C)ccc1F. The van der Waals surface area contributed by atoms with E-state index in [2.05, 4.69) is 5.32 Å². The lowest BCUT2D eigenvalue weighted by Crippen LogP contribution is -2.40. The van der Waals surface area contributed by atoms with Crippen LogP contribution in [0.15, 0.2) is 18.2 Å². The molecule has 0 saturated carbocycles. The highest BCUT2D eigenvalue weighted by Gasteiger charge is 2.15. The Hall–Kier alpha value is -1.71. The van der Waals surface area contributed by atoms with Crippen LogP contribution in [-0.2, 0) is 4.79 Å². The minimum Gasteiger partial charge on any atom is -0.351 e. The molecule has 0 heterocycles. The molecular weight excluding hydrogens is 245 g/mol. The van der Waals surface area contributed by atoms with E-state index < -0.39 is 0 Å². The average molecular weight is 265 g/mol. The summed E-state index contributed by atoms with van der Waals surface area (Å²) < 4.78 is 13.1. The van der Waals surface area contributed by atoms with E-state index in [9.17, 15) is 14.0 Å². The second-order valence-corrected chi connectivity index (χ2v) is 5.69. The van der Waals surface area contributed by atoms with Gasteiger partial charge in [0.1, 0.15) is 5.82 Å². The quantitative estimate of drug-likeness (QED) is 0.851. The van der Waals surface area contributed by atoms with Crippen molar-refractivity contribution in [2.24, 2.45) is 0 Å². The summed E-state index contributed by atoms with van der Waals surface area (Å²) in [7, 11) is 0. The van der Waals surface area contributed by atoms with Gasteiger partial charge in [-0.1, -0.05) is 0 Å². The van der Waals surface area contributed by atoms with Crippen LogP contribution in [0.25, 0.3) is 0 Å². The number of nitrogens with one attached hydrogen (secondary N) is 1. The van der Waals surface area contributed by atoms with E-state index in [0.717, 1.165) is 0 Å². The summed E-state index contributed by atoms with van der Waals surface area (Å²) in [5.74, 6) is -0.631. The topological polar surface area (TPSA) is 46.2 Å². The number of benzene rings is 1. The lowest BCUT2D eigenvalue weighted by Gasteiger charge is -2.20. The molecule has 0 unspecified atom stereocenters. The highest BCUT2D eigenvalue weighted by atomic mass is 19.1. The van der Waals surface area contributed by atoms with Gasteiger partial charge in [-0.15, -0.1) is 0 Å². The van der Waals surface area contributed by atoms with Gasteiger partial charge >= 0.3 is 0 Å². The average Bonchev–Trinajstić information content (AvgIpc) is 2.27. The number of halogens is 1. The van der Waals surface area contributed by atoms with Gasteiger partial charge < -0.3 is 5.32 Å². The molecule has 0 aliphatic carbocycles. The van der Waals surface area contributed by atoms with Crippen LogP contribution in [0.2, 0.25) is 0 Å². The van der Waals surface area contributed by atoms with Gasteiger partial charge in [0.2, 0.25) is 5.91 Å². The summed E-state index contributed by atoms with van der Waals surface area (Å²) in [5, 5.41) is 2.80. The first kappa shape index (κ1) is 15.3. The maximum absolute atomic E-state index is 13.1.